The Hall–Kier alpha value is -2.18. The Kier molecular flexibility index (Phi) is 5.20. The molecule has 132 valence electrons. The number of carbonyl (C=O) groups is 1. The lowest BCUT2D eigenvalue weighted by molar-refractivity contribution is 0.112. The molecule has 2 aromatic carbocycles. The van der Waals surface area contributed by atoms with Crippen LogP contribution in [0.2, 0.25) is 0 Å². The summed E-state index contributed by atoms with van der Waals surface area (Å²) >= 11 is 0. The second-order valence-electron chi connectivity index (χ2n) is 6.38. The van der Waals surface area contributed by atoms with Gasteiger partial charge in [-0.2, -0.15) is 0 Å². The minimum atomic E-state index is -3.16. The van der Waals surface area contributed by atoms with Gasteiger partial charge in [0.15, 0.2) is 9.84 Å². The number of carbonyl (C=O) groups excluding carboxylic acids is 1. The quantitative estimate of drug-likeness (QED) is 0.827. The standard InChI is InChI=1S/C19H22N2O3S/c1-25(23,24)19-8-4-15(5-9-19)12-18-13-20-10-11-21(18)17-6-2-16(14-22)3-7-17/h2-9,14,18,20H,10-13H2,1H3. The second kappa shape index (κ2) is 7.37. The molecule has 25 heavy (non-hydrogen) atoms. The Morgan fingerprint density at radius 1 is 1.12 bits per heavy atom. The van der Waals surface area contributed by atoms with Gasteiger partial charge in [-0.3, -0.25) is 4.79 Å². The zero-order chi connectivity index (χ0) is 17.9. The first kappa shape index (κ1) is 17.6. The predicted molar refractivity (Wildman–Crippen MR) is 99.1 cm³/mol. The number of nitrogens with zero attached hydrogens (tertiary/aromatic N) is 1. The Balaban J connectivity index is 1.77. The summed E-state index contributed by atoms with van der Waals surface area (Å²) in [5.41, 5.74) is 2.88. The fourth-order valence-electron chi connectivity index (χ4n) is 3.17. The largest absolute Gasteiger partial charge is 0.366 e. The number of anilines is 1. The summed E-state index contributed by atoms with van der Waals surface area (Å²) in [7, 11) is -3.16. The predicted octanol–water partition coefficient (Wildman–Crippen LogP) is 1.92. The van der Waals surface area contributed by atoms with Crippen molar-refractivity contribution in [2.45, 2.75) is 17.4 Å². The summed E-state index contributed by atoms with van der Waals surface area (Å²) in [6, 6.07) is 15.0. The van der Waals surface area contributed by atoms with Crippen LogP contribution in [0.25, 0.3) is 0 Å². The van der Waals surface area contributed by atoms with Gasteiger partial charge in [-0.05, 0) is 48.4 Å². The fourth-order valence-corrected chi connectivity index (χ4v) is 3.80. The van der Waals surface area contributed by atoms with E-state index in [1.165, 1.54) is 6.26 Å². The molecule has 0 saturated carbocycles. The van der Waals surface area contributed by atoms with Gasteiger partial charge in [-0.25, -0.2) is 8.42 Å². The summed E-state index contributed by atoms with van der Waals surface area (Å²) in [6.45, 7) is 2.68. The van der Waals surface area contributed by atoms with E-state index >= 15 is 0 Å². The molecular formula is C19H22N2O3S. The SMILES string of the molecule is CS(=O)(=O)c1ccc(CC2CNCCN2c2ccc(C=O)cc2)cc1. The smallest absolute Gasteiger partial charge is 0.175 e. The molecule has 3 rings (SSSR count). The van der Waals surface area contributed by atoms with Gasteiger partial charge in [-0.15, -0.1) is 0 Å². The van der Waals surface area contributed by atoms with Crippen molar-refractivity contribution < 1.29 is 13.2 Å². The molecule has 0 bridgehead atoms. The van der Waals surface area contributed by atoms with Crippen molar-refractivity contribution in [3.63, 3.8) is 0 Å². The molecule has 0 aliphatic carbocycles. The summed E-state index contributed by atoms with van der Waals surface area (Å²) in [6.07, 6.45) is 2.90. The van der Waals surface area contributed by atoms with Crippen LogP contribution >= 0.6 is 0 Å². The van der Waals surface area contributed by atoms with Crippen LogP contribution in [0.3, 0.4) is 0 Å². The topological polar surface area (TPSA) is 66.5 Å². The Morgan fingerprint density at radius 2 is 1.80 bits per heavy atom. The van der Waals surface area contributed by atoms with Crippen molar-refractivity contribution in [1.82, 2.24) is 5.32 Å². The number of sulfone groups is 1. The Labute approximate surface area is 148 Å². The van der Waals surface area contributed by atoms with Gasteiger partial charge in [0, 0.05) is 43.2 Å². The van der Waals surface area contributed by atoms with Gasteiger partial charge in [-0.1, -0.05) is 12.1 Å². The maximum atomic E-state index is 11.6. The van der Waals surface area contributed by atoms with E-state index in [0.29, 0.717) is 10.5 Å². The molecule has 1 unspecified atom stereocenters. The maximum Gasteiger partial charge on any atom is 0.175 e. The van der Waals surface area contributed by atoms with E-state index in [1.54, 1.807) is 12.1 Å². The number of hydrogen-bond acceptors (Lipinski definition) is 5. The molecule has 5 nitrogen and oxygen atoms in total. The highest BCUT2D eigenvalue weighted by Crippen LogP contribution is 2.22. The summed E-state index contributed by atoms with van der Waals surface area (Å²) in [5, 5.41) is 3.42. The summed E-state index contributed by atoms with van der Waals surface area (Å²) in [4.78, 5) is 13.5. The van der Waals surface area contributed by atoms with Crippen LogP contribution in [-0.4, -0.2) is 46.6 Å². The lowest BCUT2D eigenvalue weighted by Gasteiger charge is -2.38. The molecule has 1 aliphatic heterocycles. The second-order valence-corrected chi connectivity index (χ2v) is 8.40. The molecule has 6 heteroatoms. The number of benzene rings is 2. The maximum absolute atomic E-state index is 11.6. The molecular weight excluding hydrogens is 336 g/mol. The lowest BCUT2D eigenvalue weighted by atomic mass is 10.0. The molecule has 1 heterocycles. The lowest BCUT2D eigenvalue weighted by Crippen LogP contribution is -2.52. The van der Waals surface area contributed by atoms with E-state index in [-0.39, 0.29) is 6.04 Å². The number of piperazine rings is 1. The van der Waals surface area contributed by atoms with Crippen LogP contribution in [-0.2, 0) is 16.3 Å². The third kappa shape index (κ3) is 4.27. The van der Waals surface area contributed by atoms with Crippen LogP contribution in [0.15, 0.2) is 53.4 Å². The van der Waals surface area contributed by atoms with Crippen molar-refractivity contribution in [3.05, 3.63) is 59.7 Å². The van der Waals surface area contributed by atoms with Crippen molar-refractivity contribution in [3.8, 4) is 0 Å². The van der Waals surface area contributed by atoms with Crippen LogP contribution < -0.4 is 10.2 Å². The molecule has 0 spiro atoms. The van der Waals surface area contributed by atoms with E-state index in [0.717, 1.165) is 43.6 Å². The first-order valence-electron chi connectivity index (χ1n) is 8.29. The average molecular weight is 358 g/mol. The third-order valence-electron chi connectivity index (χ3n) is 4.53. The van der Waals surface area contributed by atoms with Crippen molar-refractivity contribution in [2.24, 2.45) is 0 Å². The van der Waals surface area contributed by atoms with Crippen molar-refractivity contribution in [1.29, 1.82) is 0 Å². The van der Waals surface area contributed by atoms with Crippen molar-refractivity contribution in [2.75, 3.05) is 30.8 Å². The van der Waals surface area contributed by atoms with Crippen LogP contribution in [0.4, 0.5) is 5.69 Å². The number of hydrogen-bond donors (Lipinski definition) is 1. The number of aldehydes is 1. The van der Waals surface area contributed by atoms with Gasteiger partial charge in [0.05, 0.1) is 4.90 Å². The molecule has 1 fully saturated rings. The van der Waals surface area contributed by atoms with Gasteiger partial charge in [0.1, 0.15) is 6.29 Å². The zero-order valence-corrected chi connectivity index (χ0v) is 15.0. The van der Waals surface area contributed by atoms with Crippen LogP contribution in [0.1, 0.15) is 15.9 Å². The van der Waals surface area contributed by atoms with E-state index in [9.17, 15) is 13.2 Å². The van der Waals surface area contributed by atoms with Crippen molar-refractivity contribution >= 4 is 21.8 Å². The number of nitrogens with one attached hydrogen (secondary N) is 1. The average Bonchev–Trinajstić information content (AvgIpc) is 2.62. The highest BCUT2D eigenvalue weighted by atomic mass is 32.2. The van der Waals surface area contributed by atoms with Crippen LogP contribution in [0.5, 0.6) is 0 Å². The Bertz CT molecular complexity index is 830. The van der Waals surface area contributed by atoms with Gasteiger partial charge >= 0.3 is 0 Å². The van der Waals surface area contributed by atoms with E-state index < -0.39 is 9.84 Å². The first-order chi connectivity index (χ1) is 12.0. The molecule has 0 radical (unpaired) electrons. The Morgan fingerprint density at radius 3 is 2.40 bits per heavy atom. The molecule has 1 saturated heterocycles. The monoisotopic (exact) mass is 358 g/mol. The summed E-state index contributed by atoms with van der Waals surface area (Å²) in [5.74, 6) is 0. The number of rotatable bonds is 5. The van der Waals surface area contributed by atoms with Crippen LogP contribution in [0, 0.1) is 0 Å². The molecule has 1 aliphatic rings. The first-order valence-corrected chi connectivity index (χ1v) is 10.2. The molecule has 2 aromatic rings. The minimum absolute atomic E-state index is 0.278. The minimum Gasteiger partial charge on any atom is -0.366 e. The third-order valence-corrected chi connectivity index (χ3v) is 5.66. The molecule has 0 aromatic heterocycles. The normalized spacial score (nSPS) is 18.1. The van der Waals surface area contributed by atoms with Gasteiger partial charge in [0.2, 0.25) is 0 Å². The van der Waals surface area contributed by atoms with E-state index in [1.807, 2.05) is 36.4 Å². The molecule has 1 atom stereocenters. The van der Waals surface area contributed by atoms with E-state index in [4.69, 9.17) is 0 Å². The highest BCUT2D eigenvalue weighted by Gasteiger charge is 2.23. The highest BCUT2D eigenvalue weighted by molar-refractivity contribution is 7.90. The molecule has 1 N–H and O–H groups in total. The summed E-state index contributed by atoms with van der Waals surface area (Å²) < 4.78 is 23.2. The molecule has 0 amide bonds. The fraction of sp³-hybridized carbons (Fsp3) is 0.316. The van der Waals surface area contributed by atoms with Gasteiger partial charge in [0.25, 0.3) is 0 Å². The zero-order valence-electron chi connectivity index (χ0n) is 14.2. The van der Waals surface area contributed by atoms with Gasteiger partial charge < -0.3 is 10.2 Å². The van der Waals surface area contributed by atoms with E-state index in [2.05, 4.69) is 10.2 Å².